The van der Waals surface area contributed by atoms with E-state index < -0.39 is 37.5 Å². The molecule has 4 N–H and O–H groups in total. The molecule has 3 aromatic rings. The lowest BCUT2D eigenvalue weighted by molar-refractivity contribution is -0.143. The minimum absolute atomic E-state index is 0.0385. The highest BCUT2D eigenvalue weighted by Gasteiger charge is 2.40. The molecule has 1 aliphatic rings. The first-order valence-electron chi connectivity index (χ1n) is 12.1. The van der Waals surface area contributed by atoms with Crippen LogP contribution in [0.25, 0.3) is 5.69 Å². The number of benzene rings is 2. The fraction of sp³-hybridized carbons (Fsp3) is 0.385. The van der Waals surface area contributed by atoms with E-state index >= 15 is 0 Å². The molecule has 204 valence electrons. The third-order valence-corrected chi connectivity index (χ3v) is 6.28. The van der Waals surface area contributed by atoms with Gasteiger partial charge in [-0.3, -0.25) is 10.2 Å². The maximum absolute atomic E-state index is 13.2. The summed E-state index contributed by atoms with van der Waals surface area (Å²) in [5.74, 6) is 0.114. The molecule has 0 bridgehead atoms. The number of ether oxygens (including phenoxy) is 1. The number of nitrogens with one attached hydrogen (secondary N) is 2. The zero-order valence-corrected chi connectivity index (χ0v) is 20.7. The van der Waals surface area contributed by atoms with Crippen LogP contribution in [0.5, 0.6) is 5.88 Å². The van der Waals surface area contributed by atoms with E-state index in [2.05, 4.69) is 15.7 Å². The van der Waals surface area contributed by atoms with Gasteiger partial charge in [-0.05, 0) is 24.6 Å². The molecular weight excluding hydrogens is 503 g/mol. The predicted molar refractivity (Wildman–Crippen MR) is 135 cm³/mol. The summed E-state index contributed by atoms with van der Waals surface area (Å²) >= 11 is 0. The van der Waals surface area contributed by atoms with Crippen LogP contribution >= 0.6 is 0 Å². The Morgan fingerprint density at radius 3 is 2.42 bits per heavy atom. The summed E-state index contributed by atoms with van der Waals surface area (Å²) in [7, 11) is 0. The van der Waals surface area contributed by atoms with Gasteiger partial charge >= 0.3 is 12.2 Å². The number of hydrogen-bond donors (Lipinski definition) is 4. The molecule has 4 rings (SSSR count). The van der Waals surface area contributed by atoms with Gasteiger partial charge in [-0.15, -0.1) is 5.10 Å². The normalized spacial score (nSPS) is 18.8. The molecule has 1 aliphatic heterocycles. The Morgan fingerprint density at radius 1 is 1.13 bits per heavy atom. The Kier molecular flexibility index (Phi) is 8.55. The lowest BCUT2D eigenvalue weighted by atomic mass is 9.94. The number of aromatic nitrogens is 2. The first-order chi connectivity index (χ1) is 18.1. The van der Waals surface area contributed by atoms with Gasteiger partial charge in [-0.25, -0.2) is 9.48 Å². The van der Waals surface area contributed by atoms with Crippen LogP contribution in [0.2, 0.25) is 0 Å². The van der Waals surface area contributed by atoms with Crippen LogP contribution in [0.1, 0.15) is 17.0 Å². The number of amides is 2. The standard InChI is InChI=1S/C26H30F3N5O4/c1-17-23(34(19-10-6-3-7-11-19)32-24(17)38-15-20(36)14-35)31-25(37)30-22-13-33(16-26(27,28)29)12-21(22)18-8-4-2-5-9-18/h2-11,20-22,35-36H,12-16H2,1H3,(H2,30,31,37)/t20?,21-,22+/m1/s1. The van der Waals surface area contributed by atoms with E-state index in [4.69, 9.17) is 9.84 Å². The van der Waals surface area contributed by atoms with Gasteiger partial charge in [0.1, 0.15) is 18.5 Å². The molecule has 1 unspecified atom stereocenters. The van der Waals surface area contributed by atoms with Crippen molar-refractivity contribution in [2.24, 2.45) is 0 Å². The van der Waals surface area contributed by atoms with Gasteiger partial charge < -0.3 is 20.3 Å². The van der Waals surface area contributed by atoms with Crippen molar-refractivity contribution >= 4 is 11.8 Å². The van der Waals surface area contributed by atoms with E-state index in [-0.39, 0.29) is 31.5 Å². The number of hydrogen-bond acceptors (Lipinski definition) is 6. The van der Waals surface area contributed by atoms with E-state index in [9.17, 15) is 23.1 Å². The Hall–Kier alpha value is -3.61. The number of carbonyl (C=O) groups excluding carboxylic acids is 1. The van der Waals surface area contributed by atoms with Crippen molar-refractivity contribution < 1.29 is 32.9 Å². The lowest BCUT2D eigenvalue weighted by Crippen LogP contribution is -2.43. The van der Waals surface area contributed by atoms with Gasteiger partial charge in [0, 0.05) is 19.0 Å². The molecule has 2 aromatic carbocycles. The Balaban J connectivity index is 1.55. The van der Waals surface area contributed by atoms with Crippen molar-refractivity contribution in [2.45, 2.75) is 31.2 Å². The Labute approximate surface area is 217 Å². The van der Waals surface area contributed by atoms with Gasteiger partial charge in [-0.2, -0.15) is 13.2 Å². The number of alkyl halides is 3. The number of carbonyl (C=O) groups is 1. The van der Waals surface area contributed by atoms with Gasteiger partial charge in [0.15, 0.2) is 0 Å². The van der Waals surface area contributed by atoms with Crippen molar-refractivity contribution in [3.63, 3.8) is 0 Å². The summed E-state index contributed by atoms with van der Waals surface area (Å²) in [6.45, 7) is 0.121. The predicted octanol–water partition coefficient (Wildman–Crippen LogP) is 3.06. The minimum atomic E-state index is -4.35. The molecule has 1 aromatic heterocycles. The number of anilines is 1. The number of para-hydroxylation sites is 1. The molecule has 0 spiro atoms. The highest BCUT2D eigenvalue weighted by Crippen LogP contribution is 2.31. The molecule has 9 nitrogen and oxygen atoms in total. The molecule has 0 saturated carbocycles. The molecule has 12 heteroatoms. The second-order valence-electron chi connectivity index (χ2n) is 9.20. The van der Waals surface area contributed by atoms with Crippen molar-refractivity contribution in [2.75, 3.05) is 38.2 Å². The number of aliphatic hydroxyl groups excluding tert-OH is 2. The quantitative estimate of drug-likeness (QED) is 0.337. The highest BCUT2D eigenvalue weighted by atomic mass is 19.4. The van der Waals surface area contributed by atoms with Gasteiger partial charge in [0.05, 0.1) is 30.4 Å². The fourth-order valence-corrected chi connectivity index (χ4v) is 4.51. The number of nitrogens with zero attached hydrogens (tertiary/aromatic N) is 3. The van der Waals surface area contributed by atoms with Crippen molar-refractivity contribution in [3.8, 4) is 11.6 Å². The summed E-state index contributed by atoms with van der Waals surface area (Å²) in [6, 6.07) is 16.9. The van der Waals surface area contributed by atoms with E-state index in [1.54, 1.807) is 31.2 Å². The van der Waals surface area contributed by atoms with E-state index in [0.29, 0.717) is 17.1 Å². The maximum Gasteiger partial charge on any atom is 0.401 e. The third-order valence-electron chi connectivity index (χ3n) is 6.28. The van der Waals surface area contributed by atoms with Crippen molar-refractivity contribution in [1.29, 1.82) is 0 Å². The second kappa shape index (κ2) is 11.8. The molecule has 0 aliphatic carbocycles. The Morgan fingerprint density at radius 2 is 1.79 bits per heavy atom. The summed E-state index contributed by atoms with van der Waals surface area (Å²) in [5, 5.41) is 28.8. The van der Waals surface area contributed by atoms with Crippen molar-refractivity contribution in [1.82, 2.24) is 20.0 Å². The average Bonchev–Trinajstić information content (AvgIpc) is 3.42. The van der Waals surface area contributed by atoms with Crippen LogP contribution in [-0.2, 0) is 0 Å². The zero-order valence-electron chi connectivity index (χ0n) is 20.7. The SMILES string of the molecule is Cc1c(OCC(O)CO)nn(-c2ccccc2)c1NC(=O)N[C@H]1CN(CC(F)(F)F)C[C@@H]1c1ccccc1. The molecule has 1 fully saturated rings. The van der Waals surface area contributed by atoms with Gasteiger partial charge in [0.25, 0.3) is 0 Å². The molecule has 2 heterocycles. The molecule has 0 radical (unpaired) electrons. The minimum Gasteiger partial charge on any atom is -0.474 e. The molecule has 3 atom stereocenters. The van der Waals surface area contributed by atoms with E-state index in [0.717, 1.165) is 5.56 Å². The maximum atomic E-state index is 13.2. The molecule has 2 amide bonds. The number of aliphatic hydroxyl groups is 2. The zero-order chi connectivity index (χ0) is 27.3. The first kappa shape index (κ1) is 27.4. The molecular formula is C26H30F3N5O4. The number of halogens is 3. The smallest absolute Gasteiger partial charge is 0.401 e. The lowest BCUT2D eigenvalue weighted by Gasteiger charge is -2.21. The monoisotopic (exact) mass is 533 g/mol. The average molecular weight is 534 g/mol. The van der Waals surface area contributed by atoms with E-state index in [1.807, 2.05) is 36.4 Å². The van der Waals surface area contributed by atoms with Crippen LogP contribution in [0.3, 0.4) is 0 Å². The van der Waals surface area contributed by atoms with Gasteiger partial charge in [0.2, 0.25) is 5.88 Å². The number of likely N-dealkylation sites (tertiary alicyclic amines) is 1. The van der Waals surface area contributed by atoms with Crippen LogP contribution in [0.4, 0.5) is 23.8 Å². The van der Waals surface area contributed by atoms with Gasteiger partial charge in [-0.1, -0.05) is 48.5 Å². The topological polar surface area (TPSA) is 112 Å². The van der Waals surface area contributed by atoms with Crippen LogP contribution in [0, 0.1) is 6.92 Å². The molecule has 38 heavy (non-hydrogen) atoms. The van der Waals surface area contributed by atoms with Crippen LogP contribution < -0.4 is 15.4 Å². The van der Waals surface area contributed by atoms with Crippen LogP contribution in [-0.4, -0.2) is 82.1 Å². The summed E-state index contributed by atoms with van der Waals surface area (Å²) in [5.41, 5.74) is 1.94. The largest absolute Gasteiger partial charge is 0.474 e. The summed E-state index contributed by atoms with van der Waals surface area (Å²) in [6.07, 6.45) is -5.45. The Bertz CT molecular complexity index is 1210. The second-order valence-corrected chi connectivity index (χ2v) is 9.20. The first-order valence-corrected chi connectivity index (χ1v) is 12.1. The van der Waals surface area contributed by atoms with Crippen molar-refractivity contribution in [3.05, 3.63) is 71.8 Å². The van der Waals surface area contributed by atoms with Crippen LogP contribution in [0.15, 0.2) is 60.7 Å². The fourth-order valence-electron chi connectivity index (χ4n) is 4.51. The third kappa shape index (κ3) is 6.82. The van der Waals surface area contributed by atoms with E-state index in [1.165, 1.54) is 9.58 Å². The highest BCUT2D eigenvalue weighted by molar-refractivity contribution is 5.90. The number of rotatable bonds is 9. The number of urea groups is 1. The summed E-state index contributed by atoms with van der Waals surface area (Å²) < 4.78 is 46.4. The summed E-state index contributed by atoms with van der Waals surface area (Å²) in [4.78, 5) is 14.5. The molecule has 1 saturated heterocycles.